The van der Waals surface area contributed by atoms with E-state index in [1.54, 1.807) is 0 Å². The topological polar surface area (TPSA) is 77.9 Å². The maximum absolute atomic E-state index is 14.1. The van der Waals surface area contributed by atoms with Crippen molar-refractivity contribution in [2.45, 2.75) is 97.4 Å². The summed E-state index contributed by atoms with van der Waals surface area (Å²) in [4.78, 5) is 44.1. The first-order valence-corrected chi connectivity index (χ1v) is 14.8. The Labute approximate surface area is 219 Å². The molecule has 6 nitrogen and oxygen atoms in total. The molecular weight excluding hydrogens is 472 g/mol. The highest BCUT2D eigenvalue weighted by molar-refractivity contribution is 7.15. The van der Waals surface area contributed by atoms with Gasteiger partial charge in [0.2, 0.25) is 11.8 Å². The van der Waals surface area contributed by atoms with Crippen LogP contribution < -0.4 is 4.90 Å². The van der Waals surface area contributed by atoms with Gasteiger partial charge in [-0.15, -0.1) is 11.3 Å². The van der Waals surface area contributed by atoms with Gasteiger partial charge >= 0.3 is 5.97 Å². The zero-order chi connectivity index (χ0) is 25.8. The molecule has 0 unspecified atom stereocenters. The number of piperidine rings is 1. The van der Waals surface area contributed by atoms with Crippen molar-refractivity contribution in [3.63, 3.8) is 0 Å². The van der Waals surface area contributed by atoms with Crippen molar-refractivity contribution in [2.24, 2.45) is 17.8 Å². The lowest BCUT2D eigenvalue weighted by Gasteiger charge is -2.41. The first-order chi connectivity index (χ1) is 17.3. The van der Waals surface area contributed by atoms with Gasteiger partial charge in [-0.2, -0.15) is 0 Å². The monoisotopic (exact) mass is 514 g/mol. The van der Waals surface area contributed by atoms with Gasteiger partial charge in [0, 0.05) is 35.8 Å². The SMILES string of the molecule is CC[C@H]1CC[C@H](C(=O)N(c2cc(C3=CCCCC3)sc2C(=O)O)C2CCN(C(=O)C(C)C)CC2)CC1. The second-order valence-electron chi connectivity index (χ2n) is 11.2. The summed E-state index contributed by atoms with van der Waals surface area (Å²) >= 11 is 1.32. The minimum atomic E-state index is -0.961. The molecule has 1 N–H and O–H groups in total. The van der Waals surface area contributed by atoms with Gasteiger partial charge in [0.25, 0.3) is 0 Å². The molecule has 2 fully saturated rings. The number of hydrogen-bond acceptors (Lipinski definition) is 4. The predicted molar refractivity (Wildman–Crippen MR) is 145 cm³/mol. The Bertz CT molecular complexity index is 981. The fourth-order valence-electron chi connectivity index (χ4n) is 6.15. The summed E-state index contributed by atoms with van der Waals surface area (Å²) in [5, 5.41) is 10.2. The van der Waals surface area contributed by atoms with Crippen molar-refractivity contribution in [3.05, 3.63) is 21.9 Å². The second-order valence-corrected chi connectivity index (χ2v) is 12.2. The average molecular weight is 515 g/mol. The van der Waals surface area contributed by atoms with Crippen molar-refractivity contribution >= 4 is 40.4 Å². The summed E-state index contributed by atoms with van der Waals surface area (Å²) in [6, 6.07) is 1.89. The third-order valence-electron chi connectivity index (χ3n) is 8.42. The summed E-state index contributed by atoms with van der Waals surface area (Å²) in [5.74, 6) is -0.136. The molecule has 2 heterocycles. The minimum absolute atomic E-state index is 0.0464. The summed E-state index contributed by atoms with van der Waals surface area (Å²) in [6.45, 7) is 7.28. The lowest BCUT2D eigenvalue weighted by atomic mass is 9.80. The lowest BCUT2D eigenvalue weighted by Crippen LogP contribution is -2.51. The smallest absolute Gasteiger partial charge is 0.348 e. The van der Waals surface area contributed by atoms with Crippen LogP contribution in [0.1, 0.15) is 106 Å². The molecule has 1 aromatic heterocycles. The van der Waals surface area contributed by atoms with E-state index in [1.165, 1.54) is 23.3 Å². The molecule has 7 heteroatoms. The van der Waals surface area contributed by atoms with Gasteiger partial charge in [-0.25, -0.2) is 4.79 Å². The van der Waals surface area contributed by atoms with Crippen LogP contribution >= 0.6 is 11.3 Å². The zero-order valence-corrected chi connectivity index (χ0v) is 22.9. The van der Waals surface area contributed by atoms with Crippen molar-refractivity contribution < 1.29 is 19.5 Å². The van der Waals surface area contributed by atoms with Gasteiger partial charge in [0.15, 0.2) is 0 Å². The second kappa shape index (κ2) is 11.9. The highest BCUT2D eigenvalue weighted by atomic mass is 32.1. The van der Waals surface area contributed by atoms with Crippen LogP contribution in [0.5, 0.6) is 0 Å². The fourth-order valence-corrected chi connectivity index (χ4v) is 7.21. The maximum Gasteiger partial charge on any atom is 0.348 e. The molecule has 4 rings (SSSR count). The standard InChI is InChI=1S/C29H42N2O4S/c1-4-20-10-12-22(13-11-20)28(33)31(23-14-16-30(17-15-23)27(32)19(2)3)24-18-25(36-26(24)29(34)35)21-8-6-5-7-9-21/h8,18-20,22-23H,4-7,9-17H2,1-3H3,(H,34,35)/t20-,22-. The van der Waals surface area contributed by atoms with Crippen LogP contribution in [0.4, 0.5) is 5.69 Å². The first kappa shape index (κ1) is 26.9. The third kappa shape index (κ3) is 5.87. The Kier molecular flexibility index (Phi) is 8.91. The van der Waals surface area contributed by atoms with E-state index in [0.717, 1.165) is 56.2 Å². The molecule has 3 aliphatic rings. The van der Waals surface area contributed by atoms with Gasteiger partial charge in [0.1, 0.15) is 4.88 Å². The first-order valence-electron chi connectivity index (χ1n) is 14.0. The van der Waals surface area contributed by atoms with Gasteiger partial charge in [0.05, 0.1) is 5.69 Å². The van der Waals surface area contributed by atoms with Crippen LogP contribution in [-0.2, 0) is 9.59 Å². The van der Waals surface area contributed by atoms with Crippen LogP contribution in [0.3, 0.4) is 0 Å². The van der Waals surface area contributed by atoms with E-state index in [-0.39, 0.29) is 34.6 Å². The molecule has 2 amide bonds. The average Bonchev–Trinajstić information content (AvgIpc) is 3.34. The van der Waals surface area contributed by atoms with E-state index in [0.29, 0.717) is 37.5 Å². The van der Waals surface area contributed by atoms with Crippen LogP contribution in [-0.4, -0.2) is 46.9 Å². The molecule has 1 aliphatic heterocycles. The number of thiophene rings is 1. The summed E-state index contributed by atoms with van der Waals surface area (Å²) < 4.78 is 0. The molecule has 1 saturated heterocycles. The van der Waals surface area contributed by atoms with Crippen molar-refractivity contribution in [3.8, 4) is 0 Å². The number of carbonyl (C=O) groups excluding carboxylic acids is 2. The van der Waals surface area contributed by atoms with E-state index >= 15 is 0 Å². The molecular formula is C29H42N2O4S. The van der Waals surface area contributed by atoms with E-state index in [4.69, 9.17) is 0 Å². The van der Waals surface area contributed by atoms with Gasteiger partial charge in [-0.05, 0) is 81.8 Å². The molecule has 0 spiro atoms. The molecule has 1 aromatic rings. The number of allylic oxidation sites excluding steroid dienone is 2. The highest BCUT2D eigenvalue weighted by Gasteiger charge is 2.38. The number of carboxylic acids is 1. The molecule has 0 atom stereocenters. The Balaban J connectivity index is 1.65. The molecule has 0 radical (unpaired) electrons. The molecule has 2 aliphatic carbocycles. The quantitative estimate of drug-likeness (QED) is 0.445. The summed E-state index contributed by atoms with van der Waals surface area (Å²) in [7, 11) is 0. The zero-order valence-electron chi connectivity index (χ0n) is 22.1. The van der Waals surface area contributed by atoms with Crippen LogP contribution in [0.25, 0.3) is 5.57 Å². The summed E-state index contributed by atoms with van der Waals surface area (Å²) in [6.07, 6.45) is 12.9. The van der Waals surface area contributed by atoms with Crippen LogP contribution in [0.2, 0.25) is 0 Å². The van der Waals surface area contributed by atoms with Crippen molar-refractivity contribution in [2.75, 3.05) is 18.0 Å². The number of likely N-dealkylation sites (tertiary alicyclic amines) is 1. The Hall–Kier alpha value is -2.15. The number of carboxylic acid groups (broad SMARTS) is 1. The van der Waals surface area contributed by atoms with E-state index in [9.17, 15) is 19.5 Å². The van der Waals surface area contributed by atoms with Crippen molar-refractivity contribution in [1.29, 1.82) is 0 Å². The largest absolute Gasteiger partial charge is 0.477 e. The number of nitrogens with zero attached hydrogens (tertiary/aromatic N) is 2. The van der Waals surface area contributed by atoms with E-state index in [1.807, 2.05) is 29.7 Å². The van der Waals surface area contributed by atoms with Gasteiger partial charge < -0.3 is 14.9 Å². The molecule has 36 heavy (non-hydrogen) atoms. The van der Waals surface area contributed by atoms with Gasteiger partial charge in [-0.3, -0.25) is 9.59 Å². The van der Waals surface area contributed by atoms with Crippen LogP contribution in [0, 0.1) is 17.8 Å². The lowest BCUT2D eigenvalue weighted by molar-refractivity contribution is -0.135. The molecule has 1 saturated carbocycles. The predicted octanol–water partition coefficient (Wildman–Crippen LogP) is 6.60. The normalized spacial score (nSPS) is 23.4. The highest BCUT2D eigenvalue weighted by Crippen LogP contribution is 2.41. The van der Waals surface area contributed by atoms with E-state index in [2.05, 4.69) is 13.0 Å². The van der Waals surface area contributed by atoms with Crippen LogP contribution in [0.15, 0.2) is 12.1 Å². The van der Waals surface area contributed by atoms with Gasteiger partial charge in [-0.1, -0.05) is 33.3 Å². The fraction of sp³-hybridized carbons (Fsp3) is 0.690. The van der Waals surface area contributed by atoms with E-state index < -0.39 is 5.97 Å². The Morgan fingerprint density at radius 2 is 1.78 bits per heavy atom. The molecule has 0 bridgehead atoms. The number of rotatable bonds is 7. The summed E-state index contributed by atoms with van der Waals surface area (Å²) in [5.41, 5.74) is 1.79. The number of hydrogen-bond donors (Lipinski definition) is 1. The maximum atomic E-state index is 14.1. The number of carbonyl (C=O) groups is 3. The number of anilines is 1. The number of amides is 2. The minimum Gasteiger partial charge on any atom is -0.477 e. The number of aromatic carboxylic acids is 1. The molecule has 198 valence electrons. The Morgan fingerprint density at radius 3 is 2.33 bits per heavy atom. The van der Waals surface area contributed by atoms with Crippen molar-refractivity contribution in [1.82, 2.24) is 4.90 Å². The third-order valence-corrected chi connectivity index (χ3v) is 9.61. The molecule has 0 aromatic carbocycles. The Morgan fingerprint density at radius 1 is 1.08 bits per heavy atom.